The Labute approximate surface area is 116 Å². The van der Waals surface area contributed by atoms with Gasteiger partial charge >= 0.3 is 0 Å². The summed E-state index contributed by atoms with van der Waals surface area (Å²) in [6.45, 7) is 3.60. The molecule has 1 aromatic heterocycles. The largest absolute Gasteiger partial charge is 0.361 e. The predicted molar refractivity (Wildman–Crippen MR) is 70.2 cm³/mol. The number of imidazole rings is 1. The van der Waals surface area contributed by atoms with Gasteiger partial charge in [0.25, 0.3) is 5.91 Å². The molecule has 1 N–H and O–H groups in total. The lowest BCUT2D eigenvalue weighted by molar-refractivity contribution is -0.158. The second-order valence-corrected chi connectivity index (χ2v) is 5.58. The van der Waals surface area contributed by atoms with Gasteiger partial charge in [0.15, 0.2) is 0 Å². The fraction of sp³-hybridized carbons (Fsp3) is 0.615. The third-order valence-corrected chi connectivity index (χ3v) is 3.99. The zero-order valence-electron chi connectivity index (χ0n) is 11.7. The predicted octanol–water partition coefficient (Wildman–Crippen LogP) is -0.209. The van der Waals surface area contributed by atoms with Gasteiger partial charge in [-0.3, -0.25) is 9.59 Å². The number of amides is 2. The number of rotatable bonds is 1. The fourth-order valence-electron chi connectivity index (χ4n) is 2.86. The number of aryl methyl sites for hydroxylation is 1. The summed E-state index contributed by atoms with van der Waals surface area (Å²) in [5.74, 6) is 0.650. The highest BCUT2D eigenvalue weighted by Crippen LogP contribution is 2.29. The number of H-pyrrole nitrogens is 1. The molecule has 3 rings (SSSR count). The minimum absolute atomic E-state index is 0.00963. The lowest BCUT2D eigenvalue weighted by Crippen LogP contribution is -2.54. The Kier molecular flexibility index (Phi) is 3.01. The van der Waals surface area contributed by atoms with Crippen molar-refractivity contribution in [2.45, 2.75) is 18.9 Å². The number of morpholine rings is 1. The average molecular weight is 278 g/mol. The number of hydrogen-bond acceptors (Lipinski definition) is 4. The molecule has 1 spiro atoms. The van der Waals surface area contributed by atoms with E-state index in [0.717, 1.165) is 12.2 Å². The van der Waals surface area contributed by atoms with Crippen molar-refractivity contribution in [1.82, 2.24) is 19.8 Å². The molecule has 7 heteroatoms. The van der Waals surface area contributed by atoms with Crippen molar-refractivity contribution in [3.05, 3.63) is 17.7 Å². The Balaban J connectivity index is 1.70. The minimum Gasteiger partial charge on any atom is -0.361 e. The van der Waals surface area contributed by atoms with E-state index in [2.05, 4.69) is 9.97 Å². The van der Waals surface area contributed by atoms with E-state index in [0.29, 0.717) is 25.3 Å². The number of aromatic amines is 1. The van der Waals surface area contributed by atoms with Crippen LogP contribution in [0.5, 0.6) is 0 Å². The van der Waals surface area contributed by atoms with Gasteiger partial charge in [-0.1, -0.05) is 0 Å². The molecule has 2 aliphatic rings. The number of likely N-dealkylation sites (N-methyl/N-ethyl adjacent to an activating group) is 1. The molecular formula is C13H18N4O3. The van der Waals surface area contributed by atoms with Crippen LogP contribution in [-0.4, -0.2) is 70.5 Å². The Bertz CT molecular complexity index is 556. The summed E-state index contributed by atoms with van der Waals surface area (Å²) < 4.78 is 5.72. The van der Waals surface area contributed by atoms with E-state index in [1.807, 2.05) is 6.92 Å². The summed E-state index contributed by atoms with van der Waals surface area (Å²) in [7, 11) is 1.77. The van der Waals surface area contributed by atoms with Crippen molar-refractivity contribution >= 4 is 11.8 Å². The van der Waals surface area contributed by atoms with Gasteiger partial charge in [0.1, 0.15) is 23.7 Å². The second-order valence-electron chi connectivity index (χ2n) is 5.58. The first kappa shape index (κ1) is 13.1. The van der Waals surface area contributed by atoms with E-state index in [4.69, 9.17) is 4.74 Å². The SMILES string of the molecule is Cc1ncc(C(=O)N2CCC3(CN(C)C(=O)CO3)C2)[nH]1. The molecule has 0 saturated carbocycles. The maximum absolute atomic E-state index is 12.4. The van der Waals surface area contributed by atoms with Gasteiger partial charge in [0.2, 0.25) is 5.91 Å². The lowest BCUT2D eigenvalue weighted by atomic mass is 10.0. The molecule has 20 heavy (non-hydrogen) atoms. The second kappa shape index (κ2) is 4.59. The highest BCUT2D eigenvalue weighted by Gasteiger charge is 2.45. The number of nitrogens with zero attached hydrogens (tertiary/aromatic N) is 3. The maximum atomic E-state index is 12.4. The summed E-state index contributed by atoms with van der Waals surface area (Å²) in [5.41, 5.74) is 0.0905. The van der Waals surface area contributed by atoms with Crippen LogP contribution in [0.25, 0.3) is 0 Å². The summed E-state index contributed by atoms with van der Waals surface area (Å²) in [6, 6.07) is 0. The molecule has 2 fully saturated rings. The number of carbonyl (C=O) groups excluding carboxylic acids is 2. The Morgan fingerprint density at radius 2 is 2.30 bits per heavy atom. The van der Waals surface area contributed by atoms with Crippen molar-refractivity contribution in [3.63, 3.8) is 0 Å². The molecule has 1 atom stereocenters. The molecule has 0 bridgehead atoms. The number of ether oxygens (including phenoxy) is 1. The van der Waals surface area contributed by atoms with E-state index in [1.54, 1.807) is 23.0 Å². The Hall–Kier alpha value is -1.89. The molecule has 108 valence electrons. The zero-order valence-corrected chi connectivity index (χ0v) is 11.7. The van der Waals surface area contributed by atoms with Crippen molar-refractivity contribution in [2.75, 3.05) is 33.3 Å². The van der Waals surface area contributed by atoms with Crippen LogP contribution in [-0.2, 0) is 9.53 Å². The highest BCUT2D eigenvalue weighted by atomic mass is 16.5. The van der Waals surface area contributed by atoms with E-state index >= 15 is 0 Å². The number of carbonyl (C=O) groups is 2. The molecular weight excluding hydrogens is 260 g/mol. The van der Waals surface area contributed by atoms with Gasteiger partial charge < -0.3 is 19.5 Å². The number of hydrogen-bond donors (Lipinski definition) is 1. The number of likely N-dealkylation sites (tertiary alicyclic amines) is 1. The first-order chi connectivity index (χ1) is 9.49. The summed E-state index contributed by atoms with van der Waals surface area (Å²) in [6.07, 6.45) is 2.31. The topological polar surface area (TPSA) is 78.5 Å². The van der Waals surface area contributed by atoms with Crippen molar-refractivity contribution < 1.29 is 14.3 Å². The first-order valence-corrected chi connectivity index (χ1v) is 6.68. The first-order valence-electron chi connectivity index (χ1n) is 6.68. The van der Waals surface area contributed by atoms with Crippen LogP contribution in [0.1, 0.15) is 22.7 Å². The third kappa shape index (κ3) is 2.18. The van der Waals surface area contributed by atoms with Gasteiger partial charge in [-0.25, -0.2) is 4.98 Å². The van der Waals surface area contributed by atoms with E-state index in [9.17, 15) is 9.59 Å². The smallest absolute Gasteiger partial charge is 0.272 e. The van der Waals surface area contributed by atoms with Gasteiger partial charge in [-0.2, -0.15) is 0 Å². The fourth-order valence-corrected chi connectivity index (χ4v) is 2.86. The third-order valence-electron chi connectivity index (χ3n) is 3.99. The summed E-state index contributed by atoms with van der Waals surface area (Å²) in [5, 5.41) is 0. The van der Waals surface area contributed by atoms with E-state index in [1.165, 1.54) is 0 Å². The van der Waals surface area contributed by atoms with Gasteiger partial charge in [0.05, 0.1) is 19.3 Å². The van der Waals surface area contributed by atoms with Crippen LogP contribution in [0.2, 0.25) is 0 Å². The maximum Gasteiger partial charge on any atom is 0.272 e. The van der Waals surface area contributed by atoms with Crippen molar-refractivity contribution in [2.24, 2.45) is 0 Å². The van der Waals surface area contributed by atoms with Crippen LogP contribution < -0.4 is 0 Å². The standard InChI is InChI=1S/C13H18N4O3/c1-9-14-5-10(15-9)12(19)17-4-3-13(8-17)7-16(2)11(18)6-20-13/h5H,3-4,6-8H2,1-2H3,(H,14,15). The van der Waals surface area contributed by atoms with Crippen molar-refractivity contribution in [1.29, 1.82) is 0 Å². The Morgan fingerprint density at radius 1 is 1.50 bits per heavy atom. The lowest BCUT2D eigenvalue weighted by Gasteiger charge is -2.38. The molecule has 1 aromatic rings. The molecule has 2 amide bonds. The Morgan fingerprint density at radius 3 is 2.95 bits per heavy atom. The highest BCUT2D eigenvalue weighted by molar-refractivity contribution is 5.92. The monoisotopic (exact) mass is 278 g/mol. The van der Waals surface area contributed by atoms with Crippen LogP contribution in [0.15, 0.2) is 6.20 Å². The van der Waals surface area contributed by atoms with Gasteiger partial charge in [-0.05, 0) is 13.3 Å². The minimum atomic E-state index is -0.409. The van der Waals surface area contributed by atoms with Crippen LogP contribution in [0.4, 0.5) is 0 Å². The van der Waals surface area contributed by atoms with E-state index < -0.39 is 5.60 Å². The molecule has 2 saturated heterocycles. The normalized spacial score (nSPS) is 26.6. The van der Waals surface area contributed by atoms with Crippen LogP contribution >= 0.6 is 0 Å². The van der Waals surface area contributed by atoms with Crippen molar-refractivity contribution in [3.8, 4) is 0 Å². The van der Waals surface area contributed by atoms with Crippen LogP contribution in [0.3, 0.4) is 0 Å². The molecule has 2 aliphatic heterocycles. The molecule has 0 radical (unpaired) electrons. The number of aromatic nitrogens is 2. The molecule has 7 nitrogen and oxygen atoms in total. The molecule has 0 aromatic carbocycles. The van der Waals surface area contributed by atoms with E-state index in [-0.39, 0.29) is 18.4 Å². The molecule has 1 unspecified atom stereocenters. The number of nitrogens with one attached hydrogen (secondary N) is 1. The molecule has 0 aliphatic carbocycles. The quantitative estimate of drug-likeness (QED) is 0.771. The molecule has 3 heterocycles. The summed E-state index contributed by atoms with van der Waals surface area (Å²) >= 11 is 0. The van der Waals surface area contributed by atoms with Gasteiger partial charge in [0, 0.05) is 13.6 Å². The zero-order chi connectivity index (χ0) is 14.3. The van der Waals surface area contributed by atoms with Gasteiger partial charge in [-0.15, -0.1) is 0 Å². The summed E-state index contributed by atoms with van der Waals surface area (Å²) in [4.78, 5) is 34.3. The van der Waals surface area contributed by atoms with Crippen LogP contribution in [0, 0.1) is 6.92 Å². The average Bonchev–Trinajstić information content (AvgIpc) is 3.01.